The predicted octanol–water partition coefficient (Wildman–Crippen LogP) is 10.8. The number of benzene rings is 6. The van der Waals surface area contributed by atoms with Crippen LogP contribution < -0.4 is 21.3 Å². The van der Waals surface area contributed by atoms with Crippen molar-refractivity contribution in [3.63, 3.8) is 0 Å². The van der Waals surface area contributed by atoms with Crippen LogP contribution in [0.1, 0.15) is 92.2 Å². The molecule has 6 N–H and O–H groups in total. The monoisotopic (exact) mass is 1050 g/mol. The number of urea groups is 2. The predicted molar refractivity (Wildman–Crippen MR) is 300 cm³/mol. The summed E-state index contributed by atoms with van der Waals surface area (Å²) in [5.74, 6) is -1.98. The fourth-order valence-corrected chi connectivity index (χ4v) is 10.6. The lowest BCUT2D eigenvalue weighted by molar-refractivity contribution is -0.135. The quantitative estimate of drug-likeness (QED) is 0.0482. The molecule has 0 unspecified atom stereocenters. The van der Waals surface area contributed by atoms with Crippen molar-refractivity contribution in [1.29, 1.82) is 0 Å². The van der Waals surface area contributed by atoms with Crippen molar-refractivity contribution in [2.45, 2.75) is 76.5 Å². The maximum atomic E-state index is 13.9. The molecule has 1 heterocycles. The average molecular weight is 1050 g/mol. The summed E-state index contributed by atoms with van der Waals surface area (Å²) < 4.78 is 0. The zero-order valence-corrected chi connectivity index (χ0v) is 43.4. The Labute approximate surface area is 454 Å². The molecule has 0 bridgehead atoms. The van der Waals surface area contributed by atoms with Crippen LogP contribution in [0.25, 0.3) is 0 Å². The normalized spacial score (nSPS) is 16.4. The number of carboxylic acid groups (broad SMARTS) is 2. The number of aromatic nitrogens is 1. The summed E-state index contributed by atoms with van der Waals surface area (Å²) in [7, 11) is 0. The number of carbonyl (C=O) groups excluding carboxylic acids is 4. The number of hydrogen-bond donors (Lipinski definition) is 6. The third-order valence-corrected chi connectivity index (χ3v) is 14.4. The van der Waals surface area contributed by atoms with Crippen molar-refractivity contribution in [3.8, 4) is 0 Å². The summed E-state index contributed by atoms with van der Waals surface area (Å²) in [6, 6.07) is 53.4. The van der Waals surface area contributed by atoms with Gasteiger partial charge in [-0.3, -0.25) is 14.6 Å². The van der Waals surface area contributed by atoms with E-state index < -0.39 is 24.0 Å². The van der Waals surface area contributed by atoms with Crippen molar-refractivity contribution in [3.05, 3.63) is 233 Å². The van der Waals surface area contributed by atoms with Crippen molar-refractivity contribution >= 4 is 47.2 Å². The minimum Gasteiger partial charge on any atom is -0.478 e. The van der Waals surface area contributed by atoms with E-state index in [4.69, 9.17) is 5.11 Å². The topological polar surface area (TPSA) is 210 Å². The molecule has 2 aliphatic rings. The minimum absolute atomic E-state index is 0.0582. The maximum absolute atomic E-state index is 13.9. The van der Waals surface area contributed by atoms with E-state index in [-0.39, 0.29) is 54.0 Å². The van der Waals surface area contributed by atoms with Crippen molar-refractivity contribution in [2.75, 3.05) is 23.7 Å². The molecule has 1 aromatic heterocycles. The van der Waals surface area contributed by atoms with Gasteiger partial charge in [0.1, 0.15) is 0 Å². The molecule has 78 heavy (non-hydrogen) atoms. The van der Waals surface area contributed by atoms with Crippen LogP contribution in [0.15, 0.2) is 188 Å². The molecule has 0 saturated heterocycles. The molecule has 7 aromatic rings. The second-order valence-corrected chi connectivity index (χ2v) is 19.7. The number of carbonyl (C=O) groups is 6. The van der Waals surface area contributed by atoms with Gasteiger partial charge in [0, 0.05) is 42.9 Å². The molecule has 0 spiro atoms. The number of nitrogens with zero attached hydrogens (tertiary/aromatic N) is 3. The van der Waals surface area contributed by atoms with Gasteiger partial charge in [0.05, 0.1) is 30.3 Å². The van der Waals surface area contributed by atoms with E-state index in [0.29, 0.717) is 30.4 Å². The summed E-state index contributed by atoms with van der Waals surface area (Å²) >= 11 is 0. The van der Waals surface area contributed by atoms with Gasteiger partial charge in [0.25, 0.3) is 0 Å². The number of aromatic carboxylic acids is 2. The summed E-state index contributed by atoms with van der Waals surface area (Å²) in [5, 5.41) is 29.0. The van der Waals surface area contributed by atoms with Gasteiger partial charge < -0.3 is 41.3 Å². The highest BCUT2D eigenvalue weighted by molar-refractivity contribution is 5.96. The zero-order valence-electron chi connectivity index (χ0n) is 43.4. The largest absolute Gasteiger partial charge is 0.478 e. The van der Waals surface area contributed by atoms with Crippen LogP contribution >= 0.6 is 0 Å². The molecule has 1 saturated carbocycles. The van der Waals surface area contributed by atoms with Crippen LogP contribution in [0.5, 0.6) is 0 Å². The number of fused-ring (bicyclic) bond motifs is 1. The Morgan fingerprint density at radius 3 is 1.53 bits per heavy atom. The first-order chi connectivity index (χ1) is 38.0. The second-order valence-electron chi connectivity index (χ2n) is 19.7. The number of aryl methyl sites for hydroxylation is 1. The minimum atomic E-state index is -1.09. The molecule has 15 nitrogen and oxygen atoms in total. The Morgan fingerprint density at radius 2 is 0.962 bits per heavy atom. The fraction of sp³-hybridized carbons (Fsp3) is 0.254. The standard InChI is InChI=1S/C33H32N4O4.C30H33N3O4/c38-30(21-35-33(41)36-28-11-6-10-27(20-28)32(39)40)37(22-24-15-17-34-18-16-24)31-26(19-23-7-2-1-3-8-23)14-13-25-9-4-5-12-29(25)31;34-28(20-31-30(37)32-26-16-9-15-25(19-26)29(35)36)33(21-23-12-5-2-6-13-23)27-17-8-7-14-24(27)18-22-10-3-1-4-11-22/h1-12,15-18,20,26,31H,13-14,19,21-22H2,(H,39,40)(H2,35,36,41);1-6,9-13,15-16,19,24,27H,7-8,14,17-18,20-21H2,(H,35,36)(H2,31,32,37)/t26-,31-;24-,27+/m00/s1. The molecule has 0 aliphatic heterocycles. The summed E-state index contributed by atoms with van der Waals surface area (Å²) in [6.07, 6.45) is 11.3. The second kappa shape index (κ2) is 27.6. The highest BCUT2D eigenvalue weighted by atomic mass is 16.4. The first-order valence-corrected chi connectivity index (χ1v) is 26.4. The smallest absolute Gasteiger partial charge is 0.335 e. The first kappa shape index (κ1) is 55.1. The molecule has 0 radical (unpaired) electrons. The number of hydrogen-bond acceptors (Lipinski definition) is 7. The Bertz CT molecular complexity index is 3130. The van der Waals surface area contributed by atoms with Crippen molar-refractivity contribution < 1.29 is 39.0 Å². The maximum Gasteiger partial charge on any atom is 0.335 e. The number of carboxylic acids is 2. The lowest BCUT2D eigenvalue weighted by atomic mass is 9.76. The molecular formula is C63H65N7O8. The van der Waals surface area contributed by atoms with E-state index in [9.17, 15) is 33.9 Å². The van der Waals surface area contributed by atoms with Crippen LogP contribution in [-0.2, 0) is 41.9 Å². The Kier molecular flexibility index (Phi) is 19.5. The molecule has 6 amide bonds. The number of anilines is 2. The van der Waals surface area contributed by atoms with Crippen molar-refractivity contribution in [2.24, 2.45) is 11.8 Å². The Morgan fingerprint density at radius 1 is 0.487 bits per heavy atom. The van der Waals surface area contributed by atoms with Gasteiger partial charge in [-0.05, 0) is 132 Å². The van der Waals surface area contributed by atoms with E-state index in [1.165, 1.54) is 41.0 Å². The molecular weight excluding hydrogens is 983 g/mol. The van der Waals surface area contributed by atoms with Crippen LogP contribution in [-0.4, -0.2) is 79.9 Å². The molecule has 6 aromatic carbocycles. The van der Waals surface area contributed by atoms with Gasteiger partial charge in [0.15, 0.2) is 0 Å². The molecule has 4 atom stereocenters. The molecule has 9 rings (SSSR count). The Hall–Kier alpha value is -9.11. The van der Waals surface area contributed by atoms with E-state index >= 15 is 0 Å². The van der Waals surface area contributed by atoms with Gasteiger partial charge in [-0.25, -0.2) is 19.2 Å². The lowest BCUT2D eigenvalue weighted by Gasteiger charge is -2.42. The number of pyridine rings is 1. The van der Waals surface area contributed by atoms with Crippen LogP contribution in [0.2, 0.25) is 0 Å². The van der Waals surface area contributed by atoms with Gasteiger partial charge >= 0.3 is 24.0 Å². The number of rotatable bonds is 18. The summed E-state index contributed by atoms with van der Waals surface area (Å²) in [6.45, 7) is 0.493. The zero-order chi connectivity index (χ0) is 54.6. The third-order valence-electron chi connectivity index (χ3n) is 14.4. The van der Waals surface area contributed by atoms with Gasteiger partial charge in [0.2, 0.25) is 11.8 Å². The lowest BCUT2D eigenvalue weighted by Crippen LogP contribution is -2.50. The van der Waals surface area contributed by atoms with E-state index in [1.807, 2.05) is 88.7 Å². The summed E-state index contributed by atoms with van der Waals surface area (Å²) in [4.78, 5) is 83.1. The van der Waals surface area contributed by atoms with E-state index in [1.54, 1.807) is 36.7 Å². The molecule has 15 heteroatoms. The third kappa shape index (κ3) is 15.7. The van der Waals surface area contributed by atoms with Crippen LogP contribution in [0, 0.1) is 11.8 Å². The highest BCUT2D eigenvalue weighted by Crippen LogP contribution is 2.41. The Balaban J connectivity index is 0.000000207. The van der Waals surface area contributed by atoms with Crippen molar-refractivity contribution in [1.82, 2.24) is 25.4 Å². The van der Waals surface area contributed by atoms with Crippen LogP contribution in [0.4, 0.5) is 21.0 Å². The molecule has 2 aliphatic carbocycles. The average Bonchev–Trinajstić information content (AvgIpc) is 3.46. The highest BCUT2D eigenvalue weighted by Gasteiger charge is 2.37. The SMILES string of the molecule is O=C(NCC(=O)N(Cc1ccccc1)[C@@H]1CCCC[C@H]1Cc1ccccc1)Nc1cccc(C(=O)O)c1.O=C(NCC(=O)N(Cc1ccncc1)[C@@H]1c2ccccc2CC[C@H]1Cc1ccccc1)Nc1cccc(C(=O)O)c1. The van der Waals surface area contributed by atoms with E-state index in [0.717, 1.165) is 68.1 Å². The fourth-order valence-electron chi connectivity index (χ4n) is 10.6. The van der Waals surface area contributed by atoms with E-state index in [2.05, 4.69) is 74.8 Å². The molecule has 400 valence electrons. The number of nitrogens with one attached hydrogen (secondary N) is 4. The summed E-state index contributed by atoms with van der Waals surface area (Å²) in [5.41, 5.74) is 7.67. The van der Waals surface area contributed by atoms with Crippen LogP contribution in [0.3, 0.4) is 0 Å². The number of amides is 6. The van der Waals surface area contributed by atoms with Gasteiger partial charge in [-0.2, -0.15) is 0 Å². The molecule has 1 fully saturated rings. The van der Waals surface area contributed by atoms with Gasteiger partial charge in [-0.15, -0.1) is 0 Å². The first-order valence-electron chi connectivity index (χ1n) is 26.4. The van der Waals surface area contributed by atoms with Gasteiger partial charge in [-0.1, -0.05) is 140 Å².